The minimum absolute atomic E-state index is 0.164. The number of benzene rings is 1. The number of nitriles is 1. The minimum atomic E-state index is 0.164. The average molecular weight is 272 g/mol. The zero-order valence-corrected chi connectivity index (χ0v) is 10.8. The van der Waals surface area contributed by atoms with Gasteiger partial charge in [-0.05, 0) is 19.1 Å². The van der Waals surface area contributed by atoms with E-state index in [9.17, 15) is 0 Å². The first-order valence-corrected chi connectivity index (χ1v) is 5.77. The Balaban J connectivity index is 2.87. The van der Waals surface area contributed by atoms with Crippen LogP contribution in [0, 0.1) is 11.3 Å². The Morgan fingerprint density at radius 3 is 2.76 bits per heavy atom. The first-order valence-electron chi connectivity index (χ1n) is 4.95. The fourth-order valence-electron chi connectivity index (χ4n) is 1.14. The van der Waals surface area contributed by atoms with Gasteiger partial charge in [0.05, 0.1) is 23.3 Å². The van der Waals surface area contributed by atoms with Gasteiger partial charge in [-0.1, -0.05) is 23.2 Å². The van der Waals surface area contributed by atoms with Crippen LogP contribution < -0.4 is 9.47 Å². The van der Waals surface area contributed by atoms with Gasteiger partial charge in [-0.25, -0.2) is 0 Å². The van der Waals surface area contributed by atoms with Crippen LogP contribution in [0.5, 0.6) is 11.5 Å². The first kappa shape index (κ1) is 13.7. The lowest BCUT2D eigenvalue weighted by atomic mass is 10.2. The third-order valence-corrected chi connectivity index (χ3v) is 2.45. The molecule has 5 heteroatoms. The van der Waals surface area contributed by atoms with Crippen LogP contribution in [0.1, 0.15) is 12.5 Å². The van der Waals surface area contributed by atoms with Crippen LogP contribution in [0.25, 0.3) is 0 Å². The van der Waals surface area contributed by atoms with Crippen LogP contribution in [0.4, 0.5) is 0 Å². The van der Waals surface area contributed by atoms with Gasteiger partial charge in [-0.3, -0.25) is 0 Å². The summed E-state index contributed by atoms with van der Waals surface area (Å²) >= 11 is 11.1. The van der Waals surface area contributed by atoms with Gasteiger partial charge in [0.15, 0.2) is 11.5 Å². The number of nitrogens with zero attached hydrogens (tertiary/aromatic N) is 1. The van der Waals surface area contributed by atoms with Crippen molar-refractivity contribution >= 4 is 23.2 Å². The first-order chi connectivity index (χ1) is 8.21. The lowest BCUT2D eigenvalue weighted by Gasteiger charge is -2.11. The molecule has 0 aromatic heterocycles. The second kappa shape index (κ2) is 7.05. The molecule has 0 saturated heterocycles. The van der Waals surface area contributed by atoms with Crippen LogP contribution in [-0.4, -0.2) is 13.2 Å². The Morgan fingerprint density at radius 1 is 1.41 bits per heavy atom. The molecule has 1 aromatic rings. The smallest absolute Gasteiger partial charge is 0.162 e. The summed E-state index contributed by atoms with van der Waals surface area (Å²) in [7, 11) is 0. The molecule has 0 atom stereocenters. The van der Waals surface area contributed by atoms with Gasteiger partial charge in [0.25, 0.3) is 0 Å². The van der Waals surface area contributed by atoms with Gasteiger partial charge in [-0.15, -0.1) is 0 Å². The van der Waals surface area contributed by atoms with Crippen molar-refractivity contribution in [2.24, 2.45) is 0 Å². The lowest BCUT2D eigenvalue weighted by molar-refractivity contribution is 0.295. The molecule has 0 N–H and O–H groups in total. The van der Waals surface area contributed by atoms with E-state index in [-0.39, 0.29) is 6.61 Å². The molecule has 90 valence electrons. The molecule has 0 radical (unpaired) electrons. The maximum atomic E-state index is 8.78. The highest BCUT2D eigenvalue weighted by molar-refractivity contribution is 6.36. The van der Waals surface area contributed by atoms with Gasteiger partial charge < -0.3 is 9.47 Å². The topological polar surface area (TPSA) is 42.2 Å². The molecule has 0 spiro atoms. The van der Waals surface area contributed by atoms with Crippen molar-refractivity contribution in [1.82, 2.24) is 0 Å². The molecule has 0 heterocycles. The number of hydrogen-bond donors (Lipinski definition) is 0. The highest BCUT2D eigenvalue weighted by Crippen LogP contribution is 2.28. The van der Waals surface area contributed by atoms with Gasteiger partial charge >= 0.3 is 0 Å². The van der Waals surface area contributed by atoms with E-state index >= 15 is 0 Å². The largest absolute Gasteiger partial charge is 0.490 e. The molecule has 0 amide bonds. The molecule has 1 rings (SSSR count). The normalized spacial score (nSPS) is 10.8. The predicted octanol–water partition coefficient (Wildman–Crippen LogP) is 3.65. The molecule has 0 saturated carbocycles. The molecule has 1 aromatic carbocycles. The Labute approximate surface area is 110 Å². The molecule has 0 bridgehead atoms. The summed E-state index contributed by atoms with van der Waals surface area (Å²) in [6, 6.07) is 6.97. The van der Waals surface area contributed by atoms with Crippen LogP contribution in [0.15, 0.2) is 28.8 Å². The van der Waals surface area contributed by atoms with E-state index in [0.29, 0.717) is 28.7 Å². The fraction of sp³-hybridized carbons (Fsp3) is 0.250. The van der Waals surface area contributed by atoms with Crippen molar-refractivity contribution in [2.45, 2.75) is 6.92 Å². The predicted molar refractivity (Wildman–Crippen MR) is 67.6 cm³/mol. The Hall–Kier alpha value is -1.37. The van der Waals surface area contributed by atoms with Crippen molar-refractivity contribution in [2.75, 3.05) is 13.2 Å². The van der Waals surface area contributed by atoms with E-state index in [0.717, 1.165) is 0 Å². The van der Waals surface area contributed by atoms with Gasteiger partial charge in [0.2, 0.25) is 0 Å². The van der Waals surface area contributed by atoms with Crippen molar-refractivity contribution in [3.63, 3.8) is 0 Å². The highest BCUT2D eigenvalue weighted by atomic mass is 35.5. The average Bonchev–Trinajstić information content (AvgIpc) is 2.37. The molecule has 0 unspecified atom stereocenters. The van der Waals surface area contributed by atoms with Crippen molar-refractivity contribution < 1.29 is 9.47 Å². The van der Waals surface area contributed by atoms with Crippen LogP contribution in [-0.2, 0) is 0 Å². The van der Waals surface area contributed by atoms with Gasteiger partial charge in [0, 0.05) is 11.6 Å². The third kappa shape index (κ3) is 4.18. The zero-order valence-electron chi connectivity index (χ0n) is 9.24. The van der Waals surface area contributed by atoms with Crippen LogP contribution in [0.2, 0.25) is 0 Å². The second-order valence-corrected chi connectivity index (χ2v) is 3.75. The van der Waals surface area contributed by atoms with Gasteiger partial charge in [0.1, 0.15) is 6.61 Å². The second-order valence-electron chi connectivity index (χ2n) is 3.05. The molecule has 3 nitrogen and oxygen atoms in total. The van der Waals surface area contributed by atoms with Crippen LogP contribution >= 0.6 is 23.2 Å². The van der Waals surface area contributed by atoms with Crippen molar-refractivity contribution in [1.29, 1.82) is 5.26 Å². The maximum Gasteiger partial charge on any atom is 0.162 e. The van der Waals surface area contributed by atoms with E-state index in [1.54, 1.807) is 18.2 Å². The monoisotopic (exact) mass is 271 g/mol. The molecule has 0 aliphatic rings. The summed E-state index contributed by atoms with van der Waals surface area (Å²) in [5, 5.41) is 9.17. The summed E-state index contributed by atoms with van der Waals surface area (Å²) in [6.45, 7) is 2.51. The van der Waals surface area contributed by atoms with Crippen molar-refractivity contribution in [3.05, 3.63) is 34.3 Å². The molecule has 0 fully saturated rings. The molecular weight excluding hydrogens is 261 g/mol. The van der Waals surface area contributed by atoms with E-state index in [2.05, 4.69) is 0 Å². The maximum absolute atomic E-state index is 8.78. The lowest BCUT2D eigenvalue weighted by Crippen LogP contribution is -2.01. The molecule has 17 heavy (non-hydrogen) atoms. The highest BCUT2D eigenvalue weighted by Gasteiger charge is 2.06. The zero-order chi connectivity index (χ0) is 12.7. The van der Waals surface area contributed by atoms with E-state index in [4.69, 9.17) is 37.9 Å². The Morgan fingerprint density at radius 2 is 2.18 bits per heavy atom. The Bertz CT molecular complexity index is 452. The molecular formula is C12H11Cl2NO2. The summed E-state index contributed by atoms with van der Waals surface area (Å²) in [4.78, 5) is 0. The number of ether oxygens (including phenoxy) is 2. The number of hydrogen-bond acceptors (Lipinski definition) is 3. The Kier molecular flexibility index (Phi) is 5.68. The van der Waals surface area contributed by atoms with Crippen molar-refractivity contribution in [3.8, 4) is 17.6 Å². The summed E-state index contributed by atoms with van der Waals surface area (Å²) in [5.41, 5.74) is 1.76. The fourth-order valence-corrected chi connectivity index (χ4v) is 1.26. The van der Waals surface area contributed by atoms with E-state index in [1.807, 2.05) is 13.0 Å². The third-order valence-electron chi connectivity index (χ3n) is 1.86. The minimum Gasteiger partial charge on any atom is -0.490 e. The summed E-state index contributed by atoms with van der Waals surface area (Å²) in [6.07, 6.45) is 0. The number of halogens is 2. The van der Waals surface area contributed by atoms with Crippen LogP contribution in [0.3, 0.4) is 0 Å². The molecule has 0 aliphatic heterocycles. The standard InChI is InChI=1S/C12H11Cl2NO2/c1-2-16-12-5-9(7-15)3-4-11(12)17-8-10(14)6-13/h3-6H,2,8H2,1H3. The SMILES string of the molecule is CCOc1cc(C#N)ccc1OCC(Cl)=CCl. The van der Waals surface area contributed by atoms with E-state index in [1.165, 1.54) is 5.54 Å². The quantitative estimate of drug-likeness (QED) is 0.821. The van der Waals surface area contributed by atoms with E-state index < -0.39 is 0 Å². The number of rotatable bonds is 5. The summed E-state index contributed by atoms with van der Waals surface area (Å²) < 4.78 is 10.8. The van der Waals surface area contributed by atoms with Gasteiger partial charge in [-0.2, -0.15) is 5.26 Å². The summed E-state index contributed by atoms with van der Waals surface area (Å²) in [5.74, 6) is 1.05. The molecule has 0 aliphatic carbocycles.